The quantitative estimate of drug-likeness (QED) is 0.376. The molecule has 1 atom stereocenters. The van der Waals surface area contributed by atoms with Crippen molar-refractivity contribution in [2.24, 2.45) is 0 Å². The van der Waals surface area contributed by atoms with Crippen molar-refractivity contribution in [1.82, 2.24) is 24.8 Å². The third kappa shape index (κ3) is 4.62. The maximum Gasteiger partial charge on any atom is 0.298 e. The SMILES string of the molecule is CC#CC(=O)N1CCC(N[C@H]2COc3cc(-c4nc5ccc(OC)nn5c4-c4cccc(F)c4F)ccc32)CC1. The van der Waals surface area contributed by atoms with Crippen LogP contribution < -0.4 is 14.8 Å². The van der Waals surface area contributed by atoms with E-state index in [1.165, 1.54) is 23.8 Å². The lowest BCUT2D eigenvalue weighted by Gasteiger charge is -2.32. The molecule has 2 aliphatic rings. The Morgan fingerprint density at radius 2 is 1.98 bits per heavy atom. The zero-order valence-corrected chi connectivity index (χ0v) is 22.1. The average Bonchev–Trinajstić information content (AvgIpc) is 3.55. The Bertz CT molecular complexity index is 1670. The number of likely N-dealkylation sites (tertiary alicyclic amines) is 1. The number of rotatable bonds is 5. The summed E-state index contributed by atoms with van der Waals surface area (Å²) in [6.07, 6.45) is 1.67. The molecule has 4 heterocycles. The van der Waals surface area contributed by atoms with Crippen LogP contribution in [0.3, 0.4) is 0 Å². The Labute approximate surface area is 229 Å². The molecule has 1 fully saturated rings. The standard InChI is InChI=1S/C30H27F2N5O3/c1-3-5-27(38)36-14-12-19(13-15-36)33-23-17-40-24-16-18(8-9-20(23)24)29-30(21-6-4-7-22(31)28(21)32)37-25(34-29)10-11-26(35-37)39-2/h4,6-11,16,19,23,33H,12-15,17H2,1-2H3/t23-/m0/s1. The fourth-order valence-electron chi connectivity index (χ4n) is 5.37. The van der Waals surface area contributed by atoms with Gasteiger partial charge in [-0.2, -0.15) is 0 Å². The Morgan fingerprint density at radius 3 is 2.75 bits per heavy atom. The van der Waals surface area contributed by atoms with Crippen LogP contribution in [0.1, 0.15) is 31.4 Å². The molecule has 0 radical (unpaired) electrons. The van der Waals surface area contributed by atoms with Crippen molar-refractivity contribution in [2.45, 2.75) is 31.8 Å². The summed E-state index contributed by atoms with van der Waals surface area (Å²) in [6.45, 7) is 3.46. The zero-order chi connectivity index (χ0) is 27.8. The Hall–Kier alpha value is -4.49. The van der Waals surface area contributed by atoms with Crippen molar-refractivity contribution < 1.29 is 23.0 Å². The van der Waals surface area contributed by atoms with Crippen molar-refractivity contribution in [3.63, 3.8) is 0 Å². The number of amides is 1. The number of carbonyl (C=O) groups is 1. The number of aromatic nitrogens is 3. The summed E-state index contributed by atoms with van der Waals surface area (Å²) in [5.41, 5.74) is 2.96. The number of halogens is 2. The minimum atomic E-state index is -0.980. The lowest BCUT2D eigenvalue weighted by atomic mass is 9.99. The van der Waals surface area contributed by atoms with Crippen LogP contribution in [0.15, 0.2) is 48.5 Å². The van der Waals surface area contributed by atoms with E-state index < -0.39 is 11.6 Å². The first-order valence-corrected chi connectivity index (χ1v) is 13.1. The molecule has 2 aromatic heterocycles. The third-order valence-electron chi connectivity index (χ3n) is 7.39. The Balaban J connectivity index is 1.30. The molecule has 8 nitrogen and oxygen atoms in total. The molecule has 6 rings (SSSR count). The molecule has 0 bridgehead atoms. The van der Waals surface area contributed by atoms with Crippen molar-refractivity contribution in [3.8, 4) is 46.0 Å². The summed E-state index contributed by atoms with van der Waals surface area (Å²) in [6, 6.07) is 13.4. The van der Waals surface area contributed by atoms with E-state index in [1.54, 1.807) is 24.0 Å². The van der Waals surface area contributed by atoms with E-state index in [0.29, 0.717) is 53.9 Å². The van der Waals surface area contributed by atoms with Gasteiger partial charge in [-0.1, -0.05) is 24.1 Å². The summed E-state index contributed by atoms with van der Waals surface area (Å²) in [4.78, 5) is 18.6. The number of fused-ring (bicyclic) bond motifs is 2. The molecule has 0 unspecified atom stereocenters. The molecule has 1 N–H and O–H groups in total. The van der Waals surface area contributed by atoms with Crippen LogP contribution in [0.2, 0.25) is 0 Å². The lowest BCUT2D eigenvalue weighted by molar-refractivity contribution is -0.126. The summed E-state index contributed by atoms with van der Waals surface area (Å²) in [5, 5.41) is 8.11. The summed E-state index contributed by atoms with van der Waals surface area (Å²) in [5.74, 6) is 4.23. The smallest absolute Gasteiger partial charge is 0.298 e. The zero-order valence-electron chi connectivity index (χ0n) is 22.1. The number of nitrogens with zero attached hydrogens (tertiary/aromatic N) is 4. The van der Waals surface area contributed by atoms with Gasteiger partial charge in [0.1, 0.15) is 18.1 Å². The molecule has 40 heavy (non-hydrogen) atoms. The van der Waals surface area contributed by atoms with Gasteiger partial charge >= 0.3 is 0 Å². The second-order valence-corrected chi connectivity index (χ2v) is 9.78. The molecule has 0 spiro atoms. The maximum absolute atomic E-state index is 15.0. The summed E-state index contributed by atoms with van der Waals surface area (Å²) >= 11 is 0. The van der Waals surface area contributed by atoms with Gasteiger partial charge in [-0.3, -0.25) is 4.79 Å². The van der Waals surface area contributed by atoms with Gasteiger partial charge in [0.2, 0.25) is 5.88 Å². The lowest BCUT2D eigenvalue weighted by Crippen LogP contribution is -2.45. The first-order chi connectivity index (χ1) is 19.5. The highest BCUT2D eigenvalue weighted by Gasteiger charge is 2.30. The number of methoxy groups -OCH3 is 1. The first kappa shape index (κ1) is 25.8. The van der Waals surface area contributed by atoms with Crippen molar-refractivity contribution in [3.05, 3.63) is 65.7 Å². The van der Waals surface area contributed by atoms with Crippen molar-refractivity contribution in [2.75, 3.05) is 26.8 Å². The average molecular weight is 544 g/mol. The number of nitrogens with one attached hydrogen (secondary N) is 1. The molecule has 1 saturated heterocycles. The number of imidazole rings is 1. The van der Waals surface area contributed by atoms with E-state index in [4.69, 9.17) is 14.5 Å². The van der Waals surface area contributed by atoms with Gasteiger partial charge in [0.15, 0.2) is 17.3 Å². The van der Waals surface area contributed by atoms with Crippen LogP contribution in [0.25, 0.3) is 28.2 Å². The number of piperidine rings is 1. The molecule has 10 heteroatoms. The second-order valence-electron chi connectivity index (χ2n) is 9.78. The Kier molecular flexibility index (Phi) is 6.82. The van der Waals surface area contributed by atoms with Gasteiger partial charge in [0, 0.05) is 41.9 Å². The highest BCUT2D eigenvalue weighted by molar-refractivity contribution is 5.93. The highest BCUT2D eigenvalue weighted by Crippen LogP contribution is 2.40. The normalized spacial score (nSPS) is 16.8. The van der Waals surface area contributed by atoms with E-state index in [0.717, 1.165) is 24.5 Å². The largest absolute Gasteiger partial charge is 0.491 e. The van der Waals surface area contributed by atoms with Gasteiger partial charge in [0.25, 0.3) is 5.91 Å². The van der Waals surface area contributed by atoms with Crippen LogP contribution in [-0.2, 0) is 4.79 Å². The number of hydrogen-bond acceptors (Lipinski definition) is 6. The van der Waals surface area contributed by atoms with Gasteiger partial charge in [-0.25, -0.2) is 18.3 Å². The fourth-order valence-corrected chi connectivity index (χ4v) is 5.37. The highest BCUT2D eigenvalue weighted by atomic mass is 19.2. The number of carbonyl (C=O) groups excluding carboxylic acids is 1. The number of hydrogen-bond donors (Lipinski definition) is 1. The maximum atomic E-state index is 15.0. The van der Waals surface area contributed by atoms with Gasteiger partial charge in [0.05, 0.1) is 18.8 Å². The molecule has 4 aromatic rings. The van der Waals surface area contributed by atoms with E-state index in [-0.39, 0.29) is 23.6 Å². The van der Waals surface area contributed by atoms with E-state index in [2.05, 4.69) is 22.3 Å². The summed E-state index contributed by atoms with van der Waals surface area (Å²) in [7, 11) is 1.49. The third-order valence-corrected chi connectivity index (χ3v) is 7.39. The monoisotopic (exact) mass is 543 g/mol. The van der Waals surface area contributed by atoms with Gasteiger partial charge in [-0.15, -0.1) is 5.10 Å². The molecule has 0 saturated carbocycles. The van der Waals surface area contributed by atoms with Crippen LogP contribution >= 0.6 is 0 Å². The second kappa shape index (κ2) is 10.6. The molecule has 0 aliphatic carbocycles. The van der Waals surface area contributed by atoms with Crippen LogP contribution in [0.4, 0.5) is 8.78 Å². The number of ether oxygens (including phenoxy) is 2. The fraction of sp³-hybridized carbons (Fsp3) is 0.300. The Morgan fingerprint density at radius 1 is 1.15 bits per heavy atom. The van der Waals surface area contributed by atoms with E-state index in [9.17, 15) is 9.18 Å². The van der Waals surface area contributed by atoms with Crippen LogP contribution in [0, 0.1) is 23.5 Å². The first-order valence-electron chi connectivity index (χ1n) is 13.1. The molecule has 2 aliphatic heterocycles. The topological polar surface area (TPSA) is 81.0 Å². The van der Waals surface area contributed by atoms with Gasteiger partial charge < -0.3 is 19.7 Å². The van der Waals surface area contributed by atoms with Crippen LogP contribution in [-0.4, -0.2) is 58.3 Å². The minimum Gasteiger partial charge on any atom is -0.491 e. The van der Waals surface area contributed by atoms with E-state index >= 15 is 4.39 Å². The van der Waals surface area contributed by atoms with Crippen LogP contribution in [0.5, 0.6) is 11.6 Å². The van der Waals surface area contributed by atoms with Gasteiger partial charge in [-0.05, 0) is 50.0 Å². The molecule has 204 valence electrons. The van der Waals surface area contributed by atoms with E-state index in [1.807, 2.05) is 18.2 Å². The molecule has 2 aromatic carbocycles. The van der Waals surface area contributed by atoms with Crippen molar-refractivity contribution in [1.29, 1.82) is 0 Å². The molecule has 1 amide bonds. The predicted octanol–water partition coefficient (Wildman–Crippen LogP) is 4.39. The van der Waals surface area contributed by atoms with Crippen molar-refractivity contribution >= 4 is 11.6 Å². The summed E-state index contributed by atoms with van der Waals surface area (Å²) < 4.78 is 42.1. The predicted molar refractivity (Wildman–Crippen MR) is 145 cm³/mol. The molecular formula is C30H27F2N5O3. The minimum absolute atomic E-state index is 0.00105. The number of benzene rings is 2. The molecular weight excluding hydrogens is 516 g/mol.